The van der Waals surface area contributed by atoms with E-state index in [2.05, 4.69) is 175 Å². The van der Waals surface area contributed by atoms with Gasteiger partial charge in [-0.25, -0.2) is 4.98 Å². The monoisotopic (exact) mass is 694 g/mol. The molecule has 11 aromatic rings. The van der Waals surface area contributed by atoms with E-state index in [1.165, 1.54) is 42.6 Å². The third-order valence-electron chi connectivity index (χ3n) is 10.5. The highest BCUT2D eigenvalue weighted by Crippen LogP contribution is 2.43. The molecule has 9 aromatic carbocycles. The van der Waals surface area contributed by atoms with Gasteiger partial charge in [0, 0.05) is 50.2 Å². The molecule has 4 heteroatoms. The van der Waals surface area contributed by atoms with Crippen LogP contribution in [0.1, 0.15) is 0 Å². The highest BCUT2D eigenvalue weighted by molar-refractivity contribution is 7.22. The molecule has 0 saturated heterocycles. The first-order chi connectivity index (χ1) is 26.2. The Kier molecular flexibility index (Phi) is 6.73. The Morgan fingerprint density at radius 2 is 1.04 bits per heavy atom. The molecule has 0 atom stereocenters. The first-order valence-corrected chi connectivity index (χ1v) is 18.7. The summed E-state index contributed by atoms with van der Waals surface area (Å²) in [6.07, 6.45) is 0. The molecule has 248 valence electrons. The number of furan rings is 1. The minimum Gasteiger partial charge on any atom is -0.456 e. The quantitative estimate of drug-likeness (QED) is 0.168. The molecule has 3 nitrogen and oxygen atoms in total. The molecule has 0 N–H and O–H groups in total. The number of benzene rings is 9. The molecule has 2 heterocycles. The van der Waals surface area contributed by atoms with Gasteiger partial charge in [-0.1, -0.05) is 127 Å². The van der Waals surface area contributed by atoms with Crippen molar-refractivity contribution < 1.29 is 4.42 Å². The van der Waals surface area contributed by atoms with Crippen LogP contribution in [0.5, 0.6) is 0 Å². The highest BCUT2D eigenvalue weighted by atomic mass is 32.1. The van der Waals surface area contributed by atoms with E-state index in [-0.39, 0.29) is 0 Å². The lowest BCUT2D eigenvalue weighted by Crippen LogP contribution is -2.09. The molecule has 0 spiro atoms. The molecule has 0 amide bonds. The van der Waals surface area contributed by atoms with Crippen molar-refractivity contribution in [3.05, 3.63) is 182 Å². The largest absolute Gasteiger partial charge is 0.456 e. The molecule has 11 rings (SSSR count). The van der Waals surface area contributed by atoms with Gasteiger partial charge < -0.3 is 9.32 Å². The van der Waals surface area contributed by atoms with Gasteiger partial charge in [-0.3, -0.25) is 0 Å². The van der Waals surface area contributed by atoms with Crippen molar-refractivity contribution in [2.75, 3.05) is 4.90 Å². The van der Waals surface area contributed by atoms with Crippen molar-refractivity contribution in [3.63, 3.8) is 0 Å². The minimum atomic E-state index is 0.875. The third-order valence-corrected chi connectivity index (χ3v) is 11.6. The molecule has 0 aliphatic heterocycles. The summed E-state index contributed by atoms with van der Waals surface area (Å²) in [4.78, 5) is 7.53. The second kappa shape index (κ2) is 11.9. The van der Waals surface area contributed by atoms with E-state index in [1.54, 1.807) is 11.3 Å². The zero-order chi connectivity index (χ0) is 34.9. The van der Waals surface area contributed by atoms with E-state index in [0.717, 1.165) is 60.7 Å². The molecular formula is C49H30N2OS. The Hall–Kier alpha value is -6.75. The van der Waals surface area contributed by atoms with Crippen LogP contribution in [0, 0.1) is 0 Å². The second-order valence-corrected chi connectivity index (χ2v) is 14.6. The van der Waals surface area contributed by atoms with Gasteiger partial charge in [0.05, 0.1) is 10.2 Å². The van der Waals surface area contributed by atoms with Crippen LogP contribution in [-0.2, 0) is 0 Å². The predicted molar refractivity (Wildman–Crippen MR) is 225 cm³/mol. The Labute approximate surface area is 309 Å². The summed E-state index contributed by atoms with van der Waals surface area (Å²) in [7, 11) is 0. The van der Waals surface area contributed by atoms with Crippen LogP contribution in [0.2, 0.25) is 0 Å². The number of anilines is 3. The zero-order valence-corrected chi connectivity index (χ0v) is 29.3. The zero-order valence-electron chi connectivity index (χ0n) is 28.5. The average Bonchev–Trinajstić information content (AvgIpc) is 3.84. The SMILES string of the molecule is c1ccc(-c2nc3c4ccc(-c5ccc(N(c6ccc7ccccc7c6)c6ccc7c(c6)oc6ccccc67)cc5)cc4c4ccccc4c3s2)cc1. The maximum Gasteiger partial charge on any atom is 0.137 e. The first kappa shape index (κ1) is 29.9. The minimum absolute atomic E-state index is 0.875. The van der Waals surface area contributed by atoms with Gasteiger partial charge in [-0.05, 0) is 81.2 Å². The first-order valence-electron chi connectivity index (χ1n) is 17.9. The van der Waals surface area contributed by atoms with E-state index < -0.39 is 0 Å². The van der Waals surface area contributed by atoms with E-state index in [4.69, 9.17) is 9.40 Å². The molecule has 53 heavy (non-hydrogen) atoms. The molecule has 0 aliphatic carbocycles. The van der Waals surface area contributed by atoms with Gasteiger partial charge in [-0.2, -0.15) is 0 Å². The fourth-order valence-corrected chi connectivity index (χ4v) is 9.00. The van der Waals surface area contributed by atoms with E-state index in [9.17, 15) is 0 Å². The van der Waals surface area contributed by atoms with Crippen molar-refractivity contribution in [2.24, 2.45) is 0 Å². The molecule has 0 bridgehead atoms. The van der Waals surface area contributed by atoms with Crippen LogP contribution in [0.15, 0.2) is 186 Å². The van der Waals surface area contributed by atoms with Crippen molar-refractivity contribution in [3.8, 4) is 21.7 Å². The fraction of sp³-hybridized carbons (Fsp3) is 0. The number of hydrogen-bond acceptors (Lipinski definition) is 4. The van der Waals surface area contributed by atoms with Crippen molar-refractivity contribution in [2.45, 2.75) is 0 Å². The number of nitrogens with zero attached hydrogens (tertiary/aromatic N) is 2. The van der Waals surface area contributed by atoms with Gasteiger partial charge in [0.15, 0.2) is 0 Å². The van der Waals surface area contributed by atoms with Crippen LogP contribution >= 0.6 is 11.3 Å². The molecule has 0 fully saturated rings. The number of para-hydroxylation sites is 1. The average molecular weight is 695 g/mol. The number of hydrogen-bond donors (Lipinski definition) is 0. The van der Waals surface area contributed by atoms with Gasteiger partial charge in [-0.15, -0.1) is 11.3 Å². The maximum absolute atomic E-state index is 6.35. The topological polar surface area (TPSA) is 29.3 Å². The van der Waals surface area contributed by atoms with Crippen molar-refractivity contribution >= 4 is 92.9 Å². The lowest BCUT2D eigenvalue weighted by Gasteiger charge is -2.26. The second-order valence-electron chi connectivity index (χ2n) is 13.6. The maximum atomic E-state index is 6.35. The van der Waals surface area contributed by atoms with Crippen LogP contribution in [0.3, 0.4) is 0 Å². The van der Waals surface area contributed by atoms with Gasteiger partial charge in [0.2, 0.25) is 0 Å². The van der Waals surface area contributed by atoms with Crippen LogP contribution < -0.4 is 4.90 Å². The molecule has 0 aliphatic rings. The summed E-state index contributed by atoms with van der Waals surface area (Å²) >= 11 is 1.78. The Bertz CT molecular complexity index is 3180. The number of aromatic nitrogens is 1. The lowest BCUT2D eigenvalue weighted by atomic mass is 9.96. The number of rotatable bonds is 5. The highest BCUT2D eigenvalue weighted by Gasteiger charge is 2.18. The summed E-state index contributed by atoms with van der Waals surface area (Å²) in [5, 5.41) is 10.6. The van der Waals surface area contributed by atoms with E-state index >= 15 is 0 Å². The lowest BCUT2D eigenvalue weighted by molar-refractivity contribution is 0.669. The molecular weight excluding hydrogens is 665 g/mol. The van der Waals surface area contributed by atoms with Gasteiger partial charge in [0.25, 0.3) is 0 Å². The molecule has 0 radical (unpaired) electrons. The predicted octanol–water partition coefficient (Wildman–Crippen LogP) is 14.5. The third kappa shape index (κ3) is 4.91. The Morgan fingerprint density at radius 1 is 0.396 bits per heavy atom. The van der Waals surface area contributed by atoms with Gasteiger partial charge in [0.1, 0.15) is 16.2 Å². The molecule has 0 saturated carbocycles. The number of thiazole rings is 1. The smallest absolute Gasteiger partial charge is 0.137 e. The molecule has 0 unspecified atom stereocenters. The van der Waals surface area contributed by atoms with Crippen LogP contribution in [0.4, 0.5) is 17.1 Å². The van der Waals surface area contributed by atoms with Crippen LogP contribution in [0.25, 0.3) is 86.2 Å². The Balaban J connectivity index is 1.03. The summed E-state index contributed by atoms with van der Waals surface area (Å²) < 4.78 is 7.58. The number of fused-ring (bicyclic) bond motifs is 10. The van der Waals surface area contributed by atoms with Crippen molar-refractivity contribution in [1.82, 2.24) is 4.98 Å². The van der Waals surface area contributed by atoms with Crippen LogP contribution in [-0.4, -0.2) is 4.98 Å². The summed E-state index contributed by atoms with van der Waals surface area (Å²) in [5.74, 6) is 0. The summed E-state index contributed by atoms with van der Waals surface area (Å²) in [6, 6.07) is 65.0. The van der Waals surface area contributed by atoms with E-state index in [0.29, 0.717) is 0 Å². The van der Waals surface area contributed by atoms with E-state index in [1.807, 2.05) is 12.1 Å². The summed E-state index contributed by atoms with van der Waals surface area (Å²) in [5.41, 5.74) is 9.53. The summed E-state index contributed by atoms with van der Waals surface area (Å²) in [6.45, 7) is 0. The fourth-order valence-electron chi connectivity index (χ4n) is 7.88. The standard InChI is InChI=1S/C49H30N2OS/c1-2-11-33(12-3-1)49-50-47-42-26-21-35(29-44(42)39-14-6-7-16-43(39)48(47)53-49)32-18-22-36(23-19-32)51(37-24-20-31-10-4-5-13-34(31)28-37)38-25-27-41-40-15-8-9-17-45(40)52-46(41)30-38/h1-30H. The van der Waals surface area contributed by atoms with Gasteiger partial charge >= 0.3 is 0 Å². The molecule has 2 aromatic heterocycles. The Morgan fingerprint density at radius 3 is 1.91 bits per heavy atom. The normalized spacial score (nSPS) is 11.8. The van der Waals surface area contributed by atoms with Crippen molar-refractivity contribution in [1.29, 1.82) is 0 Å².